The smallest absolute Gasteiger partial charge is 0.309 e. The lowest BCUT2D eigenvalue weighted by molar-refractivity contribution is -0.148. The molecule has 62 valence electrons. The van der Waals surface area contributed by atoms with Crippen molar-refractivity contribution in [1.82, 2.24) is 0 Å². The average molecular weight is 154 g/mol. The molecule has 0 aliphatic heterocycles. The lowest BCUT2D eigenvalue weighted by Crippen LogP contribution is -2.30. The molecule has 1 aliphatic rings. The first-order valence-corrected chi connectivity index (χ1v) is 3.95. The Balaban J connectivity index is 2.70. The largest absolute Gasteiger partial charge is 0.481 e. The maximum Gasteiger partial charge on any atom is 0.309 e. The van der Waals surface area contributed by atoms with Gasteiger partial charge >= 0.3 is 5.97 Å². The molecule has 1 aliphatic carbocycles. The van der Waals surface area contributed by atoms with E-state index in [2.05, 4.69) is 6.58 Å². The molecule has 0 aromatic rings. The predicted octanol–water partition coefficient (Wildman–Crippen LogP) is 2.21. The van der Waals surface area contributed by atoms with E-state index in [1.807, 2.05) is 0 Å². The molecule has 0 spiro atoms. The number of carboxylic acids is 1. The van der Waals surface area contributed by atoms with Crippen molar-refractivity contribution in [3.05, 3.63) is 12.2 Å². The third-order valence-electron chi connectivity index (χ3n) is 2.42. The van der Waals surface area contributed by atoms with Gasteiger partial charge in [0.05, 0.1) is 5.41 Å². The number of rotatable bonds is 1. The van der Waals surface area contributed by atoms with Crippen molar-refractivity contribution in [2.75, 3.05) is 0 Å². The molecule has 2 heteroatoms. The van der Waals surface area contributed by atoms with Gasteiger partial charge in [-0.3, -0.25) is 4.79 Å². The molecule has 0 heterocycles. The SMILES string of the molecule is C=C1CCCC(C)(C(=O)O)C1. The summed E-state index contributed by atoms with van der Waals surface area (Å²) in [4.78, 5) is 10.8. The molecule has 0 saturated heterocycles. The highest BCUT2D eigenvalue weighted by Gasteiger charge is 2.35. The van der Waals surface area contributed by atoms with Crippen LogP contribution in [0.1, 0.15) is 32.6 Å². The van der Waals surface area contributed by atoms with Gasteiger partial charge in [0.25, 0.3) is 0 Å². The maximum atomic E-state index is 10.8. The van der Waals surface area contributed by atoms with Gasteiger partial charge < -0.3 is 5.11 Å². The third kappa shape index (κ3) is 1.62. The number of aliphatic carboxylic acids is 1. The van der Waals surface area contributed by atoms with E-state index < -0.39 is 11.4 Å². The van der Waals surface area contributed by atoms with E-state index in [1.54, 1.807) is 6.92 Å². The van der Waals surface area contributed by atoms with Crippen molar-refractivity contribution in [2.24, 2.45) is 5.41 Å². The van der Waals surface area contributed by atoms with Crippen molar-refractivity contribution < 1.29 is 9.90 Å². The van der Waals surface area contributed by atoms with E-state index in [1.165, 1.54) is 0 Å². The van der Waals surface area contributed by atoms with E-state index in [4.69, 9.17) is 5.11 Å². The second-order valence-electron chi connectivity index (χ2n) is 3.65. The fraction of sp³-hybridized carbons (Fsp3) is 0.667. The third-order valence-corrected chi connectivity index (χ3v) is 2.42. The molecule has 2 nitrogen and oxygen atoms in total. The van der Waals surface area contributed by atoms with Gasteiger partial charge in [0, 0.05) is 0 Å². The summed E-state index contributed by atoms with van der Waals surface area (Å²) in [6.45, 7) is 5.63. The minimum absolute atomic E-state index is 0.532. The Morgan fingerprint density at radius 1 is 1.73 bits per heavy atom. The fourth-order valence-corrected chi connectivity index (χ4v) is 1.64. The molecule has 0 aromatic heterocycles. The van der Waals surface area contributed by atoms with Crippen LogP contribution in [0, 0.1) is 5.41 Å². The summed E-state index contributed by atoms with van der Waals surface area (Å²) in [5, 5.41) is 8.87. The van der Waals surface area contributed by atoms with Crippen molar-refractivity contribution in [2.45, 2.75) is 32.6 Å². The van der Waals surface area contributed by atoms with Gasteiger partial charge in [-0.25, -0.2) is 0 Å². The van der Waals surface area contributed by atoms with Gasteiger partial charge in [-0.15, -0.1) is 0 Å². The molecule has 1 rings (SSSR count). The molecule has 0 aromatic carbocycles. The number of carboxylic acid groups (broad SMARTS) is 1. The summed E-state index contributed by atoms with van der Waals surface area (Å²) in [5.41, 5.74) is 0.552. The average Bonchev–Trinajstić information content (AvgIpc) is 1.86. The van der Waals surface area contributed by atoms with E-state index in [0.717, 1.165) is 24.8 Å². The molecule has 0 radical (unpaired) electrons. The van der Waals surface area contributed by atoms with Crippen LogP contribution in [0.15, 0.2) is 12.2 Å². The zero-order chi connectivity index (χ0) is 8.48. The second kappa shape index (κ2) is 2.68. The highest BCUT2D eigenvalue weighted by molar-refractivity contribution is 5.74. The Labute approximate surface area is 66.9 Å². The molecule has 1 fully saturated rings. The molecule has 11 heavy (non-hydrogen) atoms. The summed E-state index contributed by atoms with van der Waals surface area (Å²) >= 11 is 0. The van der Waals surface area contributed by atoms with Crippen LogP contribution in [0.3, 0.4) is 0 Å². The number of hydrogen-bond acceptors (Lipinski definition) is 1. The molecule has 0 amide bonds. The molecule has 1 atom stereocenters. The van der Waals surface area contributed by atoms with E-state index in [-0.39, 0.29) is 0 Å². The van der Waals surface area contributed by atoms with Crippen molar-refractivity contribution in [1.29, 1.82) is 0 Å². The summed E-state index contributed by atoms with van der Waals surface area (Å²) in [5.74, 6) is -0.682. The van der Waals surface area contributed by atoms with Gasteiger partial charge in [-0.2, -0.15) is 0 Å². The topological polar surface area (TPSA) is 37.3 Å². The minimum Gasteiger partial charge on any atom is -0.481 e. The first kappa shape index (κ1) is 8.31. The lowest BCUT2D eigenvalue weighted by atomic mass is 9.74. The molecule has 1 saturated carbocycles. The Bertz CT molecular complexity index is 196. The standard InChI is InChI=1S/C9H14O2/c1-7-4-3-5-9(2,6-7)8(10)11/h1,3-6H2,2H3,(H,10,11). The summed E-state index contributed by atoms with van der Waals surface area (Å²) in [7, 11) is 0. The van der Waals surface area contributed by atoms with E-state index in [0.29, 0.717) is 6.42 Å². The van der Waals surface area contributed by atoms with Crippen LogP contribution < -0.4 is 0 Å². The van der Waals surface area contributed by atoms with Crippen LogP contribution in [0.4, 0.5) is 0 Å². The van der Waals surface area contributed by atoms with Crippen LogP contribution in [-0.4, -0.2) is 11.1 Å². The number of carbonyl (C=O) groups is 1. The normalized spacial score (nSPS) is 31.9. The van der Waals surface area contributed by atoms with Gasteiger partial charge in [0.15, 0.2) is 0 Å². The quantitative estimate of drug-likeness (QED) is 0.588. The predicted molar refractivity (Wildman–Crippen MR) is 43.4 cm³/mol. The fourth-order valence-electron chi connectivity index (χ4n) is 1.64. The summed E-state index contributed by atoms with van der Waals surface area (Å²) < 4.78 is 0. The van der Waals surface area contributed by atoms with Crippen molar-refractivity contribution in [3.8, 4) is 0 Å². The molecule has 1 N–H and O–H groups in total. The zero-order valence-corrected chi connectivity index (χ0v) is 6.89. The van der Waals surface area contributed by atoms with E-state index >= 15 is 0 Å². The van der Waals surface area contributed by atoms with Gasteiger partial charge in [0.1, 0.15) is 0 Å². The van der Waals surface area contributed by atoms with Crippen LogP contribution in [0.2, 0.25) is 0 Å². The second-order valence-corrected chi connectivity index (χ2v) is 3.65. The van der Waals surface area contributed by atoms with Crippen LogP contribution in [0.5, 0.6) is 0 Å². The van der Waals surface area contributed by atoms with Crippen LogP contribution in [0.25, 0.3) is 0 Å². The Morgan fingerprint density at radius 2 is 2.36 bits per heavy atom. The Hall–Kier alpha value is -0.790. The minimum atomic E-state index is -0.682. The molecule has 1 unspecified atom stereocenters. The monoisotopic (exact) mass is 154 g/mol. The molecular formula is C9H14O2. The zero-order valence-electron chi connectivity index (χ0n) is 6.89. The first-order chi connectivity index (χ1) is 5.04. The van der Waals surface area contributed by atoms with Crippen molar-refractivity contribution in [3.63, 3.8) is 0 Å². The van der Waals surface area contributed by atoms with Gasteiger partial charge in [-0.05, 0) is 32.6 Å². The van der Waals surface area contributed by atoms with Crippen molar-refractivity contribution >= 4 is 5.97 Å². The summed E-state index contributed by atoms with van der Waals surface area (Å²) in [6.07, 6.45) is 3.42. The molecular weight excluding hydrogens is 140 g/mol. The Kier molecular flexibility index (Phi) is 2.03. The number of allylic oxidation sites excluding steroid dienone is 1. The van der Waals surface area contributed by atoms with E-state index in [9.17, 15) is 4.79 Å². The Morgan fingerprint density at radius 3 is 2.73 bits per heavy atom. The highest BCUT2D eigenvalue weighted by Crippen LogP contribution is 2.37. The van der Waals surface area contributed by atoms with Crippen LogP contribution in [-0.2, 0) is 4.79 Å². The van der Waals surface area contributed by atoms with Crippen LogP contribution >= 0.6 is 0 Å². The highest BCUT2D eigenvalue weighted by atomic mass is 16.4. The van der Waals surface area contributed by atoms with Gasteiger partial charge in [0.2, 0.25) is 0 Å². The number of hydrogen-bond donors (Lipinski definition) is 1. The lowest BCUT2D eigenvalue weighted by Gasteiger charge is -2.30. The molecule has 0 bridgehead atoms. The maximum absolute atomic E-state index is 10.8. The summed E-state index contributed by atoms with van der Waals surface area (Å²) in [6, 6.07) is 0. The van der Waals surface area contributed by atoms with Gasteiger partial charge in [-0.1, -0.05) is 12.2 Å². The first-order valence-electron chi connectivity index (χ1n) is 3.95.